The summed E-state index contributed by atoms with van der Waals surface area (Å²) in [7, 11) is 0. The van der Waals surface area contributed by atoms with Crippen molar-refractivity contribution in [3.63, 3.8) is 0 Å². The normalized spacial score (nSPS) is 11.5. The van der Waals surface area contributed by atoms with Crippen molar-refractivity contribution in [3.05, 3.63) is 95.8 Å². The average Bonchev–Trinajstić information content (AvgIpc) is 2.72. The van der Waals surface area contributed by atoms with E-state index in [1.165, 1.54) is 6.08 Å². The minimum Gasteiger partial charge on any atom is -0.502 e. The molecular formula is C23H17NO5. The van der Waals surface area contributed by atoms with Gasteiger partial charge in [-0.25, -0.2) is 4.79 Å². The van der Waals surface area contributed by atoms with Gasteiger partial charge in [-0.2, -0.15) is 0 Å². The molecule has 0 heterocycles. The maximum atomic E-state index is 12.6. The summed E-state index contributed by atoms with van der Waals surface area (Å²) in [6.07, 6.45) is 3.24. The van der Waals surface area contributed by atoms with Gasteiger partial charge in [0.1, 0.15) is 0 Å². The van der Waals surface area contributed by atoms with Crippen LogP contribution in [0, 0.1) is 0 Å². The minimum atomic E-state index is -1.57. The summed E-state index contributed by atoms with van der Waals surface area (Å²) >= 11 is 0. The first-order valence-corrected chi connectivity index (χ1v) is 8.69. The van der Waals surface area contributed by atoms with Crippen molar-refractivity contribution in [1.82, 2.24) is 0 Å². The summed E-state index contributed by atoms with van der Waals surface area (Å²) in [4.78, 5) is 34.7. The number of allylic oxidation sites excluding steroid dienone is 2. The van der Waals surface area contributed by atoms with Crippen molar-refractivity contribution in [2.24, 2.45) is 0 Å². The number of amides is 1. The first-order valence-electron chi connectivity index (χ1n) is 8.69. The van der Waals surface area contributed by atoms with E-state index in [0.29, 0.717) is 22.9 Å². The Morgan fingerprint density at radius 3 is 2.24 bits per heavy atom. The first kappa shape index (κ1) is 19.6. The molecule has 0 bridgehead atoms. The highest BCUT2D eigenvalue weighted by Crippen LogP contribution is 2.20. The van der Waals surface area contributed by atoms with Crippen molar-refractivity contribution < 1.29 is 24.6 Å². The van der Waals surface area contributed by atoms with E-state index in [1.54, 1.807) is 30.3 Å². The number of carbonyl (C=O) groups excluding carboxylic acids is 2. The molecule has 0 aliphatic carbocycles. The summed E-state index contributed by atoms with van der Waals surface area (Å²) in [5.41, 5.74) is 1.84. The molecular weight excluding hydrogens is 370 g/mol. The number of benzene rings is 3. The van der Waals surface area contributed by atoms with Crippen LogP contribution in [-0.4, -0.2) is 27.9 Å². The van der Waals surface area contributed by atoms with Gasteiger partial charge in [0.25, 0.3) is 5.91 Å². The largest absolute Gasteiger partial charge is 0.502 e. The van der Waals surface area contributed by atoms with E-state index in [4.69, 9.17) is 10.2 Å². The Labute approximate surface area is 166 Å². The second-order valence-corrected chi connectivity index (χ2v) is 6.17. The fourth-order valence-electron chi connectivity index (χ4n) is 2.72. The predicted molar refractivity (Wildman–Crippen MR) is 111 cm³/mol. The molecule has 0 aliphatic heterocycles. The van der Waals surface area contributed by atoms with Gasteiger partial charge in [0.15, 0.2) is 5.78 Å². The number of rotatable bonds is 6. The topological polar surface area (TPSA) is 104 Å². The molecule has 3 aromatic carbocycles. The maximum Gasteiger partial charge on any atom is 0.371 e. The fourth-order valence-corrected chi connectivity index (χ4v) is 2.72. The third-order valence-electron chi connectivity index (χ3n) is 4.14. The summed E-state index contributed by atoms with van der Waals surface area (Å²) in [6, 6.07) is 20.0. The number of aliphatic carboxylic acids is 1. The SMILES string of the molecule is O=C(/C=C(\O)C(=O)O)/C=C/c1ccc(NC(=O)c2cccc3ccccc23)cc1. The Morgan fingerprint density at radius 1 is 0.828 bits per heavy atom. The van der Waals surface area contributed by atoms with Gasteiger partial charge >= 0.3 is 5.97 Å². The van der Waals surface area contributed by atoms with Gasteiger partial charge in [0, 0.05) is 17.3 Å². The van der Waals surface area contributed by atoms with Gasteiger partial charge in [-0.3, -0.25) is 9.59 Å². The molecule has 0 radical (unpaired) electrons. The number of carboxylic acids is 1. The molecule has 3 aromatic rings. The van der Waals surface area contributed by atoms with E-state index in [9.17, 15) is 14.4 Å². The van der Waals surface area contributed by atoms with Gasteiger partial charge in [-0.15, -0.1) is 0 Å². The van der Waals surface area contributed by atoms with E-state index in [2.05, 4.69) is 5.32 Å². The Hall–Kier alpha value is -4.19. The Bertz CT molecular complexity index is 1140. The zero-order valence-corrected chi connectivity index (χ0v) is 15.2. The van der Waals surface area contributed by atoms with Gasteiger partial charge in [0.05, 0.1) is 0 Å². The van der Waals surface area contributed by atoms with Gasteiger partial charge in [0.2, 0.25) is 5.76 Å². The number of nitrogens with one attached hydrogen (secondary N) is 1. The molecule has 0 saturated carbocycles. The molecule has 6 nitrogen and oxygen atoms in total. The van der Waals surface area contributed by atoms with Crippen LogP contribution in [0.2, 0.25) is 0 Å². The lowest BCUT2D eigenvalue weighted by atomic mass is 10.0. The zero-order chi connectivity index (χ0) is 20.8. The Kier molecular flexibility index (Phi) is 5.85. The molecule has 0 atom stereocenters. The third-order valence-corrected chi connectivity index (χ3v) is 4.14. The number of aliphatic hydroxyl groups excluding tert-OH is 1. The average molecular weight is 387 g/mol. The molecule has 0 spiro atoms. The second-order valence-electron chi connectivity index (χ2n) is 6.17. The molecule has 1 amide bonds. The molecule has 0 unspecified atom stereocenters. The van der Waals surface area contributed by atoms with Crippen LogP contribution in [0.15, 0.2) is 84.6 Å². The minimum absolute atomic E-state index is 0.227. The summed E-state index contributed by atoms with van der Waals surface area (Å²) in [6.45, 7) is 0. The lowest BCUT2D eigenvalue weighted by molar-refractivity contribution is -0.135. The molecule has 3 rings (SSSR count). The lowest BCUT2D eigenvalue weighted by Gasteiger charge is -2.08. The number of hydrogen-bond acceptors (Lipinski definition) is 4. The molecule has 3 N–H and O–H groups in total. The fraction of sp³-hybridized carbons (Fsp3) is 0. The summed E-state index contributed by atoms with van der Waals surface area (Å²) in [5, 5.41) is 22.3. The van der Waals surface area contributed by atoms with Crippen molar-refractivity contribution >= 4 is 40.2 Å². The quantitative estimate of drug-likeness (QED) is 0.434. The van der Waals surface area contributed by atoms with E-state index < -0.39 is 17.5 Å². The molecule has 0 aliphatic rings. The molecule has 6 heteroatoms. The number of hydrogen-bond donors (Lipinski definition) is 3. The molecule has 0 saturated heterocycles. The van der Waals surface area contributed by atoms with E-state index >= 15 is 0 Å². The highest BCUT2D eigenvalue weighted by molar-refractivity contribution is 6.13. The van der Waals surface area contributed by atoms with Crippen LogP contribution < -0.4 is 5.32 Å². The van der Waals surface area contributed by atoms with Crippen LogP contribution in [-0.2, 0) is 9.59 Å². The summed E-state index contributed by atoms with van der Waals surface area (Å²) in [5.74, 6) is -3.48. The van der Waals surface area contributed by atoms with Crippen LogP contribution in [0.3, 0.4) is 0 Å². The van der Waals surface area contributed by atoms with E-state index in [0.717, 1.165) is 16.8 Å². The second kappa shape index (κ2) is 8.67. The summed E-state index contributed by atoms with van der Waals surface area (Å²) < 4.78 is 0. The molecule has 144 valence electrons. The molecule has 0 fully saturated rings. The Balaban J connectivity index is 1.70. The predicted octanol–water partition coefficient (Wildman–Crippen LogP) is 4.20. The van der Waals surface area contributed by atoms with Crippen LogP contribution in [0.5, 0.6) is 0 Å². The number of fused-ring (bicyclic) bond motifs is 1. The van der Waals surface area contributed by atoms with Gasteiger partial charge in [-0.1, -0.05) is 54.6 Å². The highest BCUT2D eigenvalue weighted by atomic mass is 16.4. The number of anilines is 1. The van der Waals surface area contributed by atoms with Gasteiger partial charge < -0.3 is 15.5 Å². The van der Waals surface area contributed by atoms with Crippen LogP contribution in [0.25, 0.3) is 16.8 Å². The first-order chi connectivity index (χ1) is 13.9. The van der Waals surface area contributed by atoms with E-state index in [-0.39, 0.29) is 5.91 Å². The zero-order valence-electron chi connectivity index (χ0n) is 15.2. The third kappa shape index (κ3) is 4.95. The standard InChI is InChI=1S/C23H17NO5/c25-18(14-21(26)23(28)29)13-10-15-8-11-17(12-9-15)24-22(27)20-7-3-5-16-4-1-2-6-19(16)20/h1-14,26H,(H,24,27)(H,28,29)/b13-10+,21-14-. The van der Waals surface area contributed by atoms with Crippen LogP contribution >= 0.6 is 0 Å². The smallest absolute Gasteiger partial charge is 0.371 e. The number of carbonyl (C=O) groups is 3. The van der Waals surface area contributed by atoms with Crippen molar-refractivity contribution in [1.29, 1.82) is 0 Å². The lowest BCUT2D eigenvalue weighted by Crippen LogP contribution is -2.12. The highest BCUT2D eigenvalue weighted by Gasteiger charge is 2.10. The number of carboxylic acid groups (broad SMARTS) is 1. The van der Waals surface area contributed by atoms with Crippen molar-refractivity contribution in [2.75, 3.05) is 5.32 Å². The Morgan fingerprint density at radius 2 is 1.52 bits per heavy atom. The van der Waals surface area contributed by atoms with Crippen molar-refractivity contribution in [3.8, 4) is 0 Å². The number of ketones is 1. The maximum absolute atomic E-state index is 12.6. The van der Waals surface area contributed by atoms with Crippen LogP contribution in [0.4, 0.5) is 5.69 Å². The number of aliphatic hydroxyl groups is 1. The molecule has 0 aromatic heterocycles. The monoisotopic (exact) mass is 387 g/mol. The van der Waals surface area contributed by atoms with Crippen LogP contribution in [0.1, 0.15) is 15.9 Å². The van der Waals surface area contributed by atoms with E-state index in [1.807, 2.05) is 36.4 Å². The molecule has 29 heavy (non-hydrogen) atoms. The van der Waals surface area contributed by atoms with Gasteiger partial charge in [-0.05, 0) is 40.6 Å². The van der Waals surface area contributed by atoms with Crippen molar-refractivity contribution in [2.45, 2.75) is 0 Å².